The molecule has 0 bridgehead atoms. The number of carbonyl (C=O) groups is 2. The van der Waals surface area contributed by atoms with Crippen molar-refractivity contribution in [2.45, 2.75) is 26.4 Å². The van der Waals surface area contributed by atoms with Crippen LogP contribution in [0.5, 0.6) is 0 Å². The molecule has 11 heteroatoms. The smallest absolute Gasteiger partial charge is 0.246 e. The van der Waals surface area contributed by atoms with Gasteiger partial charge in [-0.3, -0.25) is 14.5 Å². The van der Waals surface area contributed by atoms with Gasteiger partial charge in [0.15, 0.2) is 0 Å². The van der Waals surface area contributed by atoms with E-state index in [-0.39, 0.29) is 30.2 Å². The van der Waals surface area contributed by atoms with Crippen LogP contribution in [0.2, 0.25) is 10.0 Å². The first-order valence-electron chi connectivity index (χ1n) is 10.2. The zero-order chi connectivity index (χ0) is 22.7. The average molecular weight is 523 g/mol. The second kappa shape index (κ2) is 9.14. The zero-order valence-corrected chi connectivity index (χ0v) is 21.1. The molecule has 0 spiro atoms. The standard InChI is InChI=1S/C21H25Cl2N3O4S.ClH/c1-12(2)18-19-17(26(21(18)28)31(3,29)30)7-8-25(19)20(27)13-9-24(10-13)11-14-15(22)5-4-6-16(14)23;/h4-7,12-13,18-19H,8-11H2,1-3H3;1H/t18-,19+;/m1./s1. The number of halogens is 3. The Balaban J connectivity index is 0.00000289. The predicted octanol–water partition coefficient (Wildman–Crippen LogP) is 3.02. The number of rotatable bonds is 5. The number of hydrogen-bond donors (Lipinski definition) is 0. The number of sulfonamides is 1. The van der Waals surface area contributed by atoms with Crippen LogP contribution in [0.4, 0.5) is 0 Å². The van der Waals surface area contributed by atoms with Gasteiger partial charge in [-0.05, 0) is 24.1 Å². The first kappa shape index (κ1) is 25.3. The van der Waals surface area contributed by atoms with E-state index in [0.29, 0.717) is 41.9 Å². The van der Waals surface area contributed by atoms with E-state index >= 15 is 0 Å². The molecule has 0 aromatic heterocycles. The van der Waals surface area contributed by atoms with Gasteiger partial charge in [-0.2, -0.15) is 0 Å². The van der Waals surface area contributed by atoms with Crippen LogP contribution in [0.1, 0.15) is 19.4 Å². The Kier molecular flexibility index (Phi) is 7.23. The molecule has 2 amide bonds. The van der Waals surface area contributed by atoms with E-state index in [1.165, 1.54) is 0 Å². The van der Waals surface area contributed by atoms with Crippen LogP contribution in [0.25, 0.3) is 0 Å². The van der Waals surface area contributed by atoms with Crippen molar-refractivity contribution in [3.05, 3.63) is 45.6 Å². The summed E-state index contributed by atoms with van der Waals surface area (Å²) in [5.41, 5.74) is 1.26. The average Bonchev–Trinajstić information content (AvgIpc) is 3.14. The highest BCUT2D eigenvalue weighted by Crippen LogP contribution is 2.42. The number of likely N-dealkylation sites (tertiary alicyclic amines) is 1. The summed E-state index contributed by atoms with van der Waals surface area (Å²) in [5, 5.41) is 1.20. The molecule has 4 rings (SSSR count). The van der Waals surface area contributed by atoms with Crippen LogP contribution >= 0.6 is 35.6 Å². The van der Waals surface area contributed by atoms with Gasteiger partial charge in [-0.1, -0.05) is 43.1 Å². The van der Waals surface area contributed by atoms with Crippen molar-refractivity contribution in [1.29, 1.82) is 0 Å². The molecule has 2 atom stereocenters. The summed E-state index contributed by atoms with van der Waals surface area (Å²) in [6.07, 6.45) is 2.73. The number of hydrogen-bond acceptors (Lipinski definition) is 5. The van der Waals surface area contributed by atoms with Crippen LogP contribution in [-0.2, 0) is 26.2 Å². The second-order valence-electron chi connectivity index (χ2n) is 8.79. The molecule has 3 aliphatic rings. The molecule has 0 aliphatic carbocycles. The van der Waals surface area contributed by atoms with Gasteiger partial charge in [-0.25, -0.2) is 12.7 Å². The topological polar surface area (TPSA) is 78.0 Å². The van der Waals surface area contributed by atoms with Crippen LogP contribution in [-0.4, -0.2) is 66.3 Å². The van der Waals surface area contributed by atoms with Crippen molar-refractivity contribution in [1.82, 2.24) is 14.1 Å². The molecule has 176 valence electrons. The molecular weight excluding hydrogens is 497 g/mol. The van der Waals surface area contributed by atoms with Gasteiger partial charge in [0.1, 0.15) is 0 Å². The van der Waals surface area contributed by atoms with E-state index in [2.05, 4.69) is 4.90 Å². The van der Waals surface area contributed by atoms with E-state index < -0.39 is 27.9 Å². The summed E-state index contributed by atoms with van der Waals surface area (Å²) in [4.78, 5) is 29.9. The summed E-state index contributed by atoms with van der Waals surface area (Å²) < 4.78 is 25.4. The van der Waals surface area contributed by atoms with Crippen LogP contribution in [0, 0.1) is 17.8 Å². The first-order chi connectivity index (χ1) is 14.5. The number of nitrogens with zero attached hydrogens (tertiary/aromatic N) is 3. The first-order valence-corrected chi connectivity index (χ1v) is 12.8. The Hall–Kier alpha value is -1.32. The molecule has 2 saturated heterocycles. The second-order valence-corrected chi connectivity index (χ2v) is 11.4. The lowest BCUT2D eigenvalue weighted by Crippen LogP contribution is -2.56. The van der Waals surface area contributed by atoms with Gasteiger partial charge in [0.05, 0.1) is 29.8 Å². The Morgan fingerprint density at radius 3 is 2.31 bits per heavy atom. The predicted molar refractivity (Wildman–Crippen MR) is 126 cm³/mol. The Bertz CT molecular complexity index is 1050. The summed E-state index contributed by atoms with van der Waals surface area (Å²) in [6, 6.07) is 4.85. The fourth-order valence-corrected chi connectivity index (χ4v) is 6.32. The van der Waals surface area contributed by atoms with Crippen LogP contribution < -0.4 is 0 Å². The maximum absolute atomic E-state index is 13.3. The van der Waals surface area contributed by atoms with Gasteiger partial charge in [-0.15, -0.1) is 12.4 Å². The summed E-state index contributed by atoms with van der Waals surface area (Å²) in [5.74, 6) is -1.36. The molecule has 3 heterocycles. The quantitative estimate of drug-likeness (QED) is 0.594. The molecule has 0 radical (unpaired) electrons. The van der Waals surface area contributed by atoms with E-state index in [4.69, 9.17) is 23.2 Å². The Labute approximate surface area is 204 Å². The van der Waals surface area contributed by atoms with E-state index in [0.717, 1.165) is 16.1 Å². The number of fused-ring (bicyclic) bond motifs is 1. The van der Waals surface area contributed by atoms with E-state index in [9.17, 15) is 18.0 Å². The minimum atomic E-state index is -3.74. The molecule has 2 fully saturated rings. The number of carbonyl (C=O) groups excluding carboxylic acids is 2. The Morgan fingerprint density at radius 1 is 1.19 bits per heavy atom. The molecule has 32 heavy (non-hydrogen) atoms. The molecule has 1 aromatic carbocycles. The lowest BCUT2D eigenvalue weighted by atomic mass is 9.88. The number of amides is 2. The lowest BCUT2D eigenvalue weighted by Gasteiger charge is -2.41. The van der Waals surface area contributed by atoms with Gasteiger partial charge in [0.2, 0.25) is 21.8 Å². The van der Waals surface area contributed by atoms with Crippen LogP contribution in [0.15, 0.2) is 30.0 Å². The maximum Gasteiger partial charge on any atom is 0.246 e. The highest BCUT2D eigenvalue weighted by molar-refractivity contribution is 7.89. The number of benzene rings is 1. The van der Waals surface area contributed by atoms with E-state index in [1.54, 1.807) is 29.2 Å². The largest absolute Gasteiger partial charge is 0.329 e. The van der Waals surface area contributed by atoms with Crippen molar-refractivity contribution in [3.63, 3.8) is 0 Å². The third kappa shape index (κ3) is 4.28. The van der Waals surface area contributed by atoms with Gasteiger partial charge >= 0.3 is 0 Å². The summed E-state index contributed by atoms with van der Waals surface area (Å²) >= 11 is 12.5. The SMILES string of the molecule is CC(C)[C@H]1C(=O)N(S(C)(=O)=O)C2=CCN(C(=O)C3CN(Cc4c(Cl)cccc4Cl)C3)[C@@H]21.Cl. The molecular formula is C21H26Cl3N3O4S. The van der Waals surface area contributed by atoms with Crippen molar-refractivity contribution in [2.75, 3.05) is 25.9 Å². The molecule has 3 aliphatic heterocycles. The fourth-order valence-electron chi connectivity index (χ4n) is 4.79. The van der Waals surface area contributed by atoms with Gasteiger partial charge in [0, 0.05) is 41.8 Å². The van der Waals surface area contributed by atoms with Crippen molar-refractivity contribution in [2.24, 2.45) is 17.8 Å². The minimum Gasteiger partial charge on any atom is -0.329 e. The normalized spacial score (nSPS) is 23.8. The molecule has 0 unspecified atom stereocenters. The van der Waals surface area contributed by atoms with Crippen molar-refractivity contribution in [3.8, 4) is 0 Å². The van der Waals surface area contributed by atoms with Gasteiger partial charge in [0.25, 0.3) is 0 Å². The monoisotopic (exact) mass is 521 g/mol. The highest BCUT2D eigenvalue weighted by atomic mass is 35.5. The molecule has 0 N–H and O–H groups in total. The van der Waals surface area contributed by atoms with Gasteiger partial charge < -0.3 is 4.90 Å². The maximum atomic E-state index is 13.3. The summed E-state index contributed by atoms with van der Waals surface area (Å²) in [7, 11) is -3.74. The lowest BCUT2D eigenvalue weighted by molar-refractivity contribution is -0.143. The summed E-state index contributed by atoms with van der Waals surface area (Å²) in [6.45, 7) is 5.76. The highest BCUT2D eigenvalue weighted by Gasteiger charge is 2.55. The minimum absolute atomic E-state index is 0. The molecule has 1 aromatic rings. The fraction of sp³-hybridized carbons (Fsp3) is 0.524. The van der Waals surface area contributed by atoms with Crippen LogP contribution in [0.3, 0.4) is 0 Å². The third-order valence-electron chi connectivity index (χ3n) is 6.28. The molecule has 7 nitrogen and oxygen atoms in total. The van der Waals surface area contributed by atoms with Crippen molar-refractivity contribution < 1.29 is 18.0 Å². The zero-order valence-electron chi connectivity index (χ0n) is 18.0. The third-order valence-corrected chi connectivity index (χ3v) is 8.04. The molecule has 0 saturated carbocycles. The van der Waals surface area contributed by atoms with E-state index in [1.807, 2.05) is 13.8 Å². The Morgan fingerprint density at radius 2 is 1.78 bits per heavy atom. The van der Waals surface area contributed by atoms with Crippen molar-refractivity contribution >= 4 is 57.4 Å².